The molecule has 2 unspecified atom stereocenters. The number of hydrogen-bond acceptors (Lipinski definition) is 3. The molecule has 3 nitrogen and oxygen atoms in total. The van der Waals surface area contributed by atoms with Crippen molar-refractivity contribution in [3.63, 3.8) is 0 Å². The summed E-state index contributed by atoms with van der Waals surface area (Å²) in [7, 11) is 3.09. The fourth-order valence-corrected chi connectivity index (χ4v) is 1.39. The van der Waals surface area contributed by atoms with E-state index in [-0.39, 0.29) is 0 Å². The lowest BCUT2D eigenvalue weighted by Crippen LogP contribution is -2.57. The molecule has 5 heteroatoms. The third-order valence-electron chi connectivity index (χ3n) is 3.43. The van der Waals surface area contributed by atoms with Crippen LogP contribution < -0.4 is 0 Å². The predicted molar refractivity (Wildman–Crippen MR) is 71.8 cm³/mol. The van der Waals surface area contributed by atoms with Crippen molar-refractivity contribution in [3.8, 4) is 0 Å². The topological polar surface area (TPSA) is 27.7 Å². The van der Waals surface area contributed by atoms with Gasteiger partial charge in [-0.25, -0.2) is 0 Å². The highest BCUT2D eigenvalue weighted by atomic mass is 35.5. The maximum Gasteiger partial charge on any atom is 0.166 e. The summed E-state index contributed by atoms with van der Waals surface area (Å²) in [5.74, 6) is 0. The van der Waals surface area contributed by atoms with E-state index in [4.69, 9.17) is 37.4 Å². The molecule has 0 aliphatic rings. The zero-order valence-electron chi connectivity index (χ0n) is 12.0. The Labute approximate surface area is 115 Å². The van der Waals surface area contributed by atoms with Crippen LogP contribution >= 0.6 is 23.2 Å². The molecule has 104 valence electrons. The Hall–Kier alpha value is 0.460. The Morgan fingerprint density at radius 3 is 1.06 bits per heavy atom. The number of alkyl halides is 2. The summed E-state index contributed by atoms with van der Waals surface area (Å²) in [6.07, 6.45) is 0. The highest BCUT2D eigenvalue weighted by Crippen LogP contribution is 2.41. The second kappa shape index (κ2) is 5.22. The van der Waals surface area contributed by atoms with Crippen LogP contribution in [-0.4, -0.2) is 35.5 Å². The fraction of sp³-hybridized carbons (Fsp3) is 1.00. The molecule has 0 saturated heterocycles. The molecule has 2 atom stereocenters. The van der Waals surface area contributed by atoms with E-state index in [0.717, 1.165) is 0 Å². The largest absolute Gasteiger partial charge is 0.361 e. The van der Waals surface area contributed by atoms with Crippen molar-refractivity contribution < 1.29 is 14.2 Å². The van der Waals surface area contributed by atoms with E-state index >= 15 is 0 Å². The Bertz CT molecular complexity index is 234. The van der Waals surface area contributed by atoms with Gasteiger partial charge < -0.3 is 14.2 Å². The molecule has 0 aliphatic carbocycles. The van der Waals surface area contributed by atoms with Gasteiger partial charge in [0, 0.05) is 14.2 Å². The van der Waals surface area contributed by atoms with Crippen molar-refractivity contribution in [2.24, 2.45) is 0 Å². The second-order valence-electron chi connectivity index (χ2n) is 5.36. The summed E-state index contributed by atoms with van der Waals surface area (Å²) in [6.45, 7) is 10.9. The van der Waals surface area contributed by atoms with Crippen LogP contribution in [0, 0.1) is 0 Å². The van der Waals surface area contributed by atoms with Crippen LogP contribution in [0.25, 0.3) is 0 Å². The average molecular weight is 287 g/mol. The van der Waals surface area contributed by atoms with E-state index in [0.29, 0.717) is 0 Å². The van der Waals surface area contributed by atoms with E-state index in [9.17, 15) is 0 Å². The van der Waals surface area contributed by atoms with Crippen LogP contribution in [0.3, 0.4) is 0 Å². The van der Waals surface area contributed by atoms with Crippen LogP contribution in [0.2, 0.25) is 0 Å². The van der Waals surface area contributed by atoms with Gasteiger partial charge in [0.15, 0.2) is 10.1 Å². The van der Waals surface area contributed by atoms with Gasteiger partial charge in [0.25, 0.3) is 0 Å². The van der Waals surface area contributed by atoms with Gasteiger partial charge in [-0.05, 0) is 41.5 Å². The Kier molecular flexibility index (Phi) is 5.36. The van der Waals surface area contributed by atoms with Gasteiger partial charge in [0.05, 0.1) is 0 Å². The molecule has 0 heterocycles. The quantitative estimate of drug-likeness (QED) is 0.696. The second-order valence-corrected chi connectivity index (χ2v) is 6.81. The molecular weight excluding hydrogens is 263 g/mol. The predicted octanol–water partition coefficient (Wildman–Crippen LogP) is 3.76. The van der Waals surface area contributed by atoms with Gasteiger partial charge in [-0.3, -0.25) is 0 Å². The van der Waals surface area contributed by atoms with Crippen LogP contribution in [0.4, 0.5) is 0 Å². The standard InChI is InChI=1S/C12H24Cl2O3/c1-9(2,11(5,13)15-7)17-10(3,4)12(6,14)16-8/h1-8H3. The number of ether oxygens (including phenoxy) is 3. The first-order valence-corrected chi connectivity index (χ1v) is 6.27. The minimum atomic E-state index is -0.953. The molecule has 17 heavy (non-hydrogen) atoms. The summed E-state index contributed by atoms with van der Waals surface area (Å²) >= 11 is 12.6. The van der Waals surface area contributed by atoms with Gasteiger partial charge in [-0.1, -0.05) is 23.2 Å². The first-order valence-electron chi connectivity index (χ1n) is 5.51. The third-order valence-corrected chi connectivity index (χ3v) is 4.65. The summed E-state index contributed by atoms with van der Waals surface area (Å²) in [6, 6.07) is 0. The first-order chi connectivity index (χ1) is 7.33. The zero-order valence-corrected chi connectivity index (χ0v) is 13.5. The van der Waals surface area contributed by atoms with Gasteiger partial charge in [0.1, 0.15) is 11.2 Å². The van der Waals surface area contributed by atoms with Gasteiger partial charge in [-0.15, -0.1) is 0 Å². The van der Waals surface area contributed by atoms with Gasteiger partial charge >= 0.3 is 0 Å². The molecule has 0 aliphatic heterocycles. The number of halogens is 2. The summed E-state index contributed by atoms with van der Waals surface area (Å²) in [5, 5.41) is -1.91. The highest BCUT2D eigenvalue weighted by Gasteiger charge is 2.50. The van der Waals surface area contributed by atoms with E-state index < -0.39 is 21.3 Å². The number of rotatable bonds is 6. The molecule has 0 saturated carbocycles. The molecule has 0 aromatic carbocycles. The Morgan fingerprint density at radius 1 is 0.647 bits per heavy atom. The van der Waals surface area contributed by atoms with Crippen LogP contribution in [-0.2, 0) is 14.2 Å². The minimum Gasteiger partial charge on any atom is -0.361 e. The molecule has 0 aromatic rings. The third kappa shape index (κ3) is 3.71. The lowest BCUT2D eigenvalue weighted by molar-refractivity contribution is -0.229. The maximum absolute atomic E-state index is 6.28. The lowest BCUT2D eigenvalue weighted by atomic mass is 9.96. The van der Waals surface area contributed by atoms with Crippen molar-refractivity contribution >= 4 is 23.2 Å². The molecule has 0 aromatic heterocycles. The molecule has 0 bridgehead atoms. The number of methoxy groups -OCH3 is 2. The van der Waals surface area contributed by atoms with E-state index in [1.807, 2.05) is 27.7 Å². The molecule has 0 rings (SSSR count). The van der Waals surface area contributed by atoms with Gasteiger partial charge in [0.2, 0.25) is 0 Å². The van der Waals surface area contributed by atoms with E-state index in [1.54, 1.807) is 28.1 Å². The Balaban J connectivity index is 5.07. The SMILES string of the molecule is COC(C)(Cl)C(C)(C)OC(C)(C)C(C)(Cl)OC. The van der Waals surface area contributed by atoms with Crippen molar-refractivity contribution in [1.29, 1.82) is 0 Å². The highest BCUT2D eigenvalue weighted by molar-refractivity contribution is 6.24. The van der Waals surface area contributed by atoms with Crippen LogP contribution in [0.5, 0.6) is 0 Å². The van der Waals surface area contributed by atoms with E-state index in [2.05, 4.69) is 0 Å². The normalized spacial score (nSPS) is 20.8. The monoisotopic (exact) mass is 286 g/mol. The molecule has 0 radical (unpaired) electrons. The Morgan fingerprint density at radius 2 is 0.882 bits per heavy atom. The van der Waals surface area contributed by atoms with Crippen LogP contribution in [0.15, 0.2) is 0 Å². The van der Waals surface area contributed by atoms with Crippen molar-refractivity contribution in [2.75, 3.05) is 14.2 Å². The first kappa shape index (κ1) is 17.5. The molecular formula is C12H24Cl2O3. The average Bonchev–Trinajstić information content (AvgIpc) is 2.15. The molecule has 0 N–H and O–H groups in total. The number of hydrogen-bond donors (Lipinski definition) is 0. The molecule has 0 fully saturated rings. The smallest absolute Gasteiger partial charge is 0.166 e. The summed E-state index contributed by atoms with van der Waals surface area (Å²) < 4.78 is 16.5. The van der Waals surface area contributed by atoms with Crippen molar-refractivity contribution in [1.82, 2.24) is 0 Å². The zero-order chi connectivity index (χ0) is 14.1. The molecule has 0 amide bonds. The van der Waals surface area contributed by atoms with Crippen molar-refractivity contribution in [3.05, 3.63) is 0 Å². The fourth-order valence-electron chi connectivity index (χ4n) is 1.31. The molecule has 0 spiro atoms. The lowest BCUT2D eigenvalue weighted by Gasteiger charge is -2.47. The maximum atomic E-state index is 6.28. The summed E-state index contributed by atoms with van der Waals surface area (Å²) in [5.41, 5.74) is -1.47. The van der Waals surface area contributed by atoms with E-state index in [1.165, 1.54) is 0 Å². The minimum absolute atomic E-state index is 0.735. The summed E-state index contributed by atoms with van der Waals surface area (Å²) in [4.78, 5) is 0. The van der Waals surface area contributed by atoms with Gasteiger partial charge in [-0.2, -0.15) is 0 Å². The van der Waals surface area contributed by atoms with Crippen LogP contribution in [0.1, 0.15) is 41.5 Å². The van der Waals surface area contributed by atoms with Crippen molar-refractivity contribution in [2.45, 2.75) is 62.9 Å².